The van der Waals surface area contributed by atoms with Gasteiger partial charge in [-0.05, 0) is 19.3 Å². The normalized spacial score (nSPS) is 10.3. The summed E-state index contributed by atoms with van der Waals surface area (Å²) < 4.78 is 0. The van der Waals surface area contributed by atoms with Crippen molar-refractivity contribution in [3.05, 3.63) is 126 Å². The Bertz CT molecular complexity index is 1160. The molecule has 0 aliphatic heterocycles. The van der Waals surface area contributed by atoms with Crippen LogP contribution in [0.25, 0.3) is 16.9 Å². The molecule has 0 bridgehead atoms. The maximum Gasteiger partial charge on any atom is 0.103 e. The maximum absolute atomic E-state index is 10.2. The van der Waals surface area contributed by atoms with E-state index in [1.165, 1.54) is 64.7 Å². The standard InChI is InChI=1S/C13H9.C12H11Si.C10H21NO.2ClH.Ti/c1-3-7-12-10(5-1)9-11-6-2-4-8-13(11)12;1-3-7-11(8-4-1)13-12-9-5-2-6-10-12;1-2-3-4-5-6-7-8-9-10(11)12;;;/h1-5,7-8H,9H2;1-10,13H;2-9H2,1H3,(H2,11,12);2*1H;/q-1;;;;;+2/p-3. The molecule has 41 heavy (non-hydrogen) atoms. The van der Waals surface area contributed by atoms with Gasteiger partial charge in [0.1, 0.15) is 9.52 Å². The van der Waals surface area contributed by atoms with Gasteiger partial charge in [0.2, 0.25) is 0 Å². The van der Waals surface area contributed by atoms with Gasteiger partial charge in [0.05, 0.1) is 0 Å². The summed E-state index contributed by atoms with van der Waals surface area (Å²) in [6.07, 6.45) is 9.99. The van der Waals surface area contributed by atoms with Crippen molar-refractivity contribution < 1.29 is 21.8 Å². The summed E-state index contributed by atoms with van der Waals surface area (Å²) in [5.41, 5.74) is 12.2. The number of fused-ring (bicyclic) bond motifs is 3. The minimum atomic E-state index is -0.556. The fourth-order valence-electron chi connectivity index (χ4n) is 4.53. The Morgan fingerprint density at radius 3 is 1.85 bits per heavy atom. The van der Waals surface area contributed by atoms with Gasteiger partial charge in [-0.25, -0.2) is 0 Å². The zero-order chi connectivity index (χ0) is 29.5. The number of carbonyl (C=O) groups is 1. The fraction of sp³-hybridized carbons (Fsp3) is 0.286. The molecule has 5 rings (SSSR count). The first-order chi connectivity index (χ1) is 20.1. The number of benzene rings is 4. The molecule has 215 valence electrons. The van der Waals surface area contributed by atoms with Crippen LogP contribution < -0.4 is 10.4 Å². The molecule has 0 heterocycles. The quantitative estimate of drug-likeness (QED) is 0.0855. The summed E-state index contributed by atoms with van der Waals surface area (Å²) in [6.45, 7) is 2.21. The minimum Gasteiger partial charge on any atom is -0.179 e. The molecule has 1 N–H and O–H groups in total. The molecule has 0 unspecified atom stereocenters. The van der Waals surface area contributed by atoms with Crippen LogP contribution in [0, 0.1) is 6.07 Å². The van der Waals surface area contributed by atoms with Crippen LogP contribution in [-0.4, -0.2) is 15.4 Å². The Morgan fingerprint density at radius 1 is 0.756 bits per heavy atom. The molecular weight excluding hydrogens is 597 g/mol. The van der Waals surface area contributed by atoms with E-state index in [0.717, 1.165) is 19.3 Å². The van der Waals surface area contributed by atoms with Gasteiger partial charge in [-0.15, -0.1) is 5.56 Å². The van der Waals surface area contributed by atoms with E-state index >= 15 is 0 Å². The average molecular weight is 638 g/mol. The van der Waals surface area contributed by atoms with Gasteiger partial charge in [-0.3, -0.25) is 0 Å². The third-order valence-corrected chi connectivity index (χ3v) is 7.99. The van der Waals surface area contributed by atoms with E-state index in [4.69, 9.17) is 24.3 Å². The van der Waals surface area contributed by atoms with Crippen molar-refractivity contribution in [3.63, 3.8) is 0 Å². The summed E-state index contributed by atoms with van der Waals surface area (Å²) in [4.78, 5) is 10.2. The van der Waals surface area contributed by atoms with Crippen molar-refractivity contribution in [2.75, 3.05) is 0 Å². The molecule has 6 heteroatoms. The van der Waals surface area contributed by atoms with Crippen molar-refractivity contribution in [3.8, 4) is 11.1 Å². The molecule has 1 amide bonds. The first-order valence-corrected chi connectivity index (χ1v) is 19.8. The van der Waals surface area contributed by atoms with Crippen LogP contribution in [0.3, 0.4) is 0 Å². The number of hydrogen-bond acceptors (Lipinski definition) is 1. The number of halogens is 2. The van der Waals surface area contributed by atoms with E-state index in [0.29, 0.717) is 6.42 Å². The van der Waals surface area contributed by atoms with Gasteiger partial charge in [0, 0.05) is 5.91 Å². The molecule has 4 aromatic carbocycles. The van der Waals surface area contributed by atoms with Crippen LogP contribution in [0.2, 0.25) is 0 Å². The molecule has 1 aliphatic rings. The summed E-state index contributed by atoms with van der Waals surface area (Å²) >= 11 is -0.556. The van der Waals surface area contributed by atoms with Gasteiger partial charge in [-0.2, -0.15) is 29.8 Å². The summed E-state index contributed by atoms with van der Waals surface area (Å²) in [5, 5.41) is 2.90. The van der Waals surface area contributed by atoms with Gasteiger partial charge in [0.15, 0.2) is 0 Å². The van der Waals surface area contributed by atoms with Crippen molar-refractivity contribution in [2.24, 2.45) is 0 Å². The second-order valence-electron chi connectivity index (χ2n) is 9.73. The third kappa shape index (κ3) is 15.1. The van der Waals surface area contributed by atoms with E-state index < -0.39 is 22.9 Å². The van der Waals surface area contributed by atoms with E-state index in [1.807, 2.05) is 6.07 Å². The predicted octanol–water partition coefficient (Wildman–Crippen LogP) is 9.21. The number of unbranched alkanes of at least 4 members (excludes halogenated alkanes) is 6. The average Bonchev–Trinajstić information content (AvgIpc) is 3.38. The summed E-state index contributed by atoms with van der Waals surface area (Å²) in [6, 6.07) is 39.4. The van der Waals surface area contributed by atoms with Gasteiger partial charge < -0.3 is 10.5 Å². The minimum absolute atomic E-state index is 0.271. The molecule has 0 saturated carbocycles. The number of hydrogen-bond donors (Lipinski definition) is 0. The van der Waals surface area contributed by atoms with Crippen LogP contribution in [-0.2, 0) is 28.2 Å². The van der Waals surface area contributed by atoms with Crippen LogP contribution in [0.15, 0.2) is 103 Å². The molecule has 0 fully saturated rings. The van der Waals surface area contributed by atoms with Crippen molar-refractivity contribution in [2.45, 2.75) is 64.7 Å². The molecule has 1 radical (unpaired) electrons. The van der Waals surface area contributed by atoms with Gasteiger partial charge in [0.25, 0.3) is 0 Å². The SMILES string of the molecule is CCCCCCCCCC([NH-])=O.[Cl][Ti][Cl].[c-]1cccc2c1Cc1ccccc1-2.c1ccc([SiH]c2ccccc2)cc1. The van der Waals surface area contributed by atoms with E-state index in [-0.39, 0.29) is 9.52 Å². The summed E-state index contributed by atoms with van der Waals surface area (Å²) in [7, 11) is 10.0. The topological polar surface area (TPSA) is 40.9 Å². The van der Waals surface area contributed by atoms with Crippen molar-refractivity contribution >= 4 is 44.4 Å². The van der Waals surface area contributed by atoms with E-state index in [2.05, 4.69) is 110 Å². The first-order valence-electron chi connectivity index (χ1n) is 14.3. The van der Waals surface area contributed by atoms with Crippen molar-refractivity contribution in [1.29, 1.82) is 0 Å². The molecule has 4 aromatic rings. The number of amides is 1. The Hall–Kier alpha value is -2.14. The smallest absolute Gasteiger partial charge is 0.103 e. The van der Waals surface area contributed by atoms with Gasteiger partial charge in [-0.1, -0.05) is 152 Å². The van der Waals surface area contributed by atoms with E-state index in [1.54, 1.807) is 0 Å². The Kier molecular flexibility index (Phi) is 19.2. The van der Waals surface area contributed by atoms with E-state index in [9.17, 15) is 4.79 Å². The Balaban J connectivity index is 0.000000205. The molecule has 0 saturated heterocycles. The molecule has 0 atom stereocenters. The Labute approximate surface area is 266 Å². The molecule has 0 spiro atoms. The monoisotopic (exact) mass is 636 g/mol. The van der Waals surface area contributed by atoms with Crippen LogP contribution in [0.1, 0.15) is 69.4 Å². The number of nitrogens with one attached hydrogen (secondary N) is 1. The number of rotatable bonds is 10. The largest absolute Gasteiger partial charge is 0.179 e. The molecular formula is C35H40Cl2NOSiTi-2. The fourth-order valence-corrected chi connectivity index (χ4v) is 5.75. The van der Waals surface area contributed by atoms with Gasteiger partial charge >= 0.3 is 35.6 Å². The maximum atomic E-state index is 10.2. The second kappa shape index (κ2) is 22.5. The third-order valence-electron chi connectivity index (χ3n) is 6.56. The van der Waals surface area contributed by atoms with Crippen LogP contribution >= 0.6 is 18.6 Å². The molecule has 2 nitrogen and oxygen atoms in total. The molecule has 0 aromatic heterocycles. The zero-order valence-corrected chi connectivity index (χ0v) is 28.1. The zero-order valence-electron chi connectivity index (χ0n) is 23.9. The second-order valence-corrected chi connectivity index (χ2v) is 13.9. The first kappa shape index (κ1) is 35.1. The number of carbonyl (C=O) groups excluding carboxylic acids is 1. The summed E-state index contributed by atoms with van der Waals surface area (Å²) in [5.74, 6) is -0.413. The van der Waals surface area contributed by atoms with Crippen molar-refractivity contribution in [1.82, 2.24) is 0 Å². The van der Waals surface area contributed by atoms with Crippen LogP contribution in [0.5, 0.6) is 0 Å². The van der Waals surface area contributed by atoms with Crippen LogP contribution in [0.4, 0.5) is 0 Å². The predicted molar refractivity (Wildman–Crippen MR) is 176 cm³/mol. The molecule has 1 aliphatic carbocycles. The Morgan fingerprint density at radius 2 is 1.27 bits per heavy atom.